The van der Waals surface area contributed by atoms with Crippen LogP contribution in [0.5, 0.6) is 0 Å². The first-order chi connectivity index (χ1) is 8.20. The van der Waals surface area contributed by atoms with Crippen molar-refractivity contribution < 1.29 is 21.2 Å². The molecule has 1 aliphatic carbocycles. The number of halogens is 2. The van der Waals surface area contributed by atoms with E-state index in [0.717, 1.165) is 12.1 Å². The summed E-state index contributed by atoms with van der Waals surface area (Å²) in [5.74, 6) is -1.46. The molecule has 1 aromatic carbocycles. The predicted molar refractivity (Wildman–Crippen MR) is 65.1 cm³/mol. The number of hydrogen-bond donors (Lipinski definition) is 0. The molecular formula is C10H10ClFO4S2. The number of rotatable bonds is 4. The van der Waals surface area contributed by atoms with E-state index in [1.54, 1.807) is 0 Å². The van der Waals surface area contributed by atoms with Crippen molar-refractivity contribution >= 4 is 29.6 Å². The zero-order chi connectivity index (χ0) is 13.6. The number of benzene rings is 1. The van der Waals surface area contributed by atoms with Crippen LogP contribution in [0.1, 0.15) is 18.4 Å². The fourth-order valence-electron chi connectivity index (χ4n) is 1.62. The van der Waals surface area contributed by atoms with Crippen molar-refractivity contribution in [2.45, 2.75) is 28.7 Å². The molecule has 0 spiro atoms. The minimum atomic E-state index is -3.79. The van der Waals surface area contributed by atoms with E-state index >= 15 is 0 Å². The molecule has 1 aromatic rings. The predicted octanol–water partition coefficient (Wildman–Crippen LogP) is 1.83. The summed E-state index contributed by atoms with van der Waals surface area (Å²) in [4.78, 5) is -0.374. The molecule has 2 rings (SSSR count). The Kier molecular flexibility index (Phi) is 3.42. The highest BCUT2D eigenvalue weighted by Crippen LogP contribution is 2.34. The van der Waals surface area contributed by atoms with Crippen LogP contribution in [0.4, 0.5) is 4.39 Å². The molecule has 0 radical (unpaired) electrons. The Labute approximate surface area is 109 Å². The van der Waals surface area contributed by atoms with Gasteiger partial charge in [-0.3, -0.25) is 0 Å². The highest BCUT2D eigenvalue weighted by atomic mass is 35.7. The molecule has 8 heteroatoms. The van der Waals surface area contributed by atoms with Crippen molar-refractivity contribution in [2.75, 3.05) is 0 Å². The molecule has 0 amide bonds. The minimum Gasteiger partial charge on any atom is -0.223 e. The summed E-state index contributed by atoms with van der Waals surface area (Å²) in [7, 11) is -2.36. The van der Waals surface area contributed by atoms with Crippen molar-refractivity contribution in [1.82, 2.24) is 0 Å². The van der Waals surface area contributed by atoms with Crippen LogP contribution >= 0.6 is 10.7 Å². The maximum Gasteiger partial charge on any atom is 0.236 e. The third-order valence-electron chi connectivity index (χ3n) is 2.61. The van der Waals surface area contributed by atoms with Gasteiger partial charge < -0.3 is 0 Å². The molecule has 4 nitrogen and oxygen atoms in total. The lowest BCUT2D eigenvalue weighted by Gasteiger charge is -2.05. The normalized spacial score (nSPS) is 16.8. The molecule has 0 atom stereocenters. The molecule has 0 aromatic heterocycles. The molecule has 1 saturated carbocycles. The second kappa shape index (κ2) is 4.47. The fraction of sp³-hybridized carbons (Fsp3) is 0.400. The summed E-state index contributed by atoms with van der Waals surface area (Å²) < 4.78 is 59.0. The molecule has 100 valence electrons. The largest absolute Gasteiger partial charge is 0.236 e. The van der Waals surface area contributed by atoms with Crippen molar-refractivity contribution in [3.63, 3.8) is 0 Å². The van der Waals surface area contributed by atoms with E-state index in [9.17, 15) is 21.2 Å². The highest BCUT2D eigenvalue weighted by molar-refractivity contribution is 8.13. The third-order valence-corrected chi connectivity index (χ3v) is 5.90. The Morgan fingerprint density at radius 2 is 1.83 bits per heavy atom. The van der Waals surface area contributed by atoms with Gasteiger partial charge in [0.25, 0.3) is 0 Å². The zero-order valence-electron chi connectivity index (χ0n) is 9.14. The first-order valence-electron chi connectivity index (χ1n) is 5.15. The van der Waals surface area contributed by atoms with Crippen LogP contribution in [0.3, 0.4) is 0 Å². The molecule has 0 aliphatic heterocycles. The summed E-state index contributed by atoms with van der Waals surface area (Å²) >= 11 is 0. The molecule has 0 unspecified atom stereocenters. The van der Waals surface area contributed by atoms with Gasteiger partial charge in [-0.15, -0.1) is 0 Å². The lowest BCUT2D eigenvalue weighted by Crippen LogP contribution is -2.10. The van der Waals surface area contributed by atoms with Gasteiger partial charge in [-0.25, -0.2) is 21.2 Å². The van der Waals surface area contributed by atoms with Crippen molar-refractivity contribution in [3.05, 3.63) is 29.6 Å². The van der Waals surface area contributed by atoms with Gasteiger partial charge in [0.15, 0.2) is 9.84 Å². The van der Waals surface area contributed by atoms with Crippen LogP contribution in [0.15, 0.2) is 23.1 Å². The van der Waals surface area contributed by atoms with Crippen molar-refractivity contribution in [3.8, 4) is 0 Å². The number of sulfone groups is 1. The molecule has 0 saturated heterocycles. The third kappa shape index (κ3) is 3.02. The molecule has 18 heavy (non-hydrogen) atoms. The Balaban J connectivity index is 2.37. The van der Waals surface area contributed by atoms with E-state index in [0.29, 0.717) is 12.8 Å². The minimum absolute atomic E-state index is 0.122. The standard InChI is InChI=1S/C10H10ClFO4S2/c11-17(13,14)6-7-1-4-10(9(12)5-7)18(15,16)8-2-3-8/h1,4-5,8H,2-3,6H2. The monoisotopic (exact) mass is 312 g/mol. The Bertz CT molecular complexity index is 678. The highest BCUT2D eigenvalue weighted by Gasteiger charge is 2.38. The van der Waals surface area contributed by atoms with E-state index in [1.165, 1.54) is 6.07 Å². The van der Waals surface area contributed by atoms with Crippen molar-refractivity contribution in [1.29, 1.82) is 0 Å². The summed E-state index contributed by atoms with van der Waals surface area (Å²) in [5, 5.41) is -0.505. The second-order valence-electron chi connectivity index (χ2n) is 4.19. The Morgan fingerprint density at radius 3 is 2.28 bits per heavy atom. The van der Waals surface area contributed by atoms with E-state index in [-0.39, 0.29) is 10.5 Å². The fourth-order valence-corrected chi connectivity index (χ4v) is 4.28. The second-order valence-corrected chi connectivity index (χ2v) is 9.17. The molecule has 0 heterocycles. The van der Waals surface area contributed by atoms with Gasteiger partial charge in [-0.05, 0) is 30.5 Å². The summed E-state index contributed by atoms with van der Waals surface area (Å²) in [6, 6.07) is 3.26. The van der Waals surface area contributed by atoms with Gasteiger partial charge in [-0.1, -0.05) is 6.07 Å². The maximum atomic E-state index is 13.7. The SMILES string of the molecule is O=S(=O)(Cl)Cc1ccc(S(=O)(=O)C2CC2)c(F)c1. The lowest BCUT2D eigenvalue weighted by atomic mass is 10.2. The van der Waals surface area contributed by atoms with E-state index in [2.05, 4.69) is 0 Å². The average Bonchev–Trinajstić information content (AvgIpc) is 2.96. The van der Waals surface area contributed by atoms with Crippen LogP contribution < -0.4 is 0 Å². The van der Waals surface area contributed by atoms with E-state index in [1.807, 2.05) is 0 Å². The van der Waals surface area contributed by atoms with Crippen LogP contribution in [0.2, 0.25) is 0 Å². The first kappa shape index (κ1) is 13.8. The molecule has 0 N–H and O–H groups in total. The number of hydrogen-bond acceptors (Lipinski definition) is 4. The topological polar surface area (TPSA) is 68.3 Å². The molecule has 1 aliphatic rings. The Hall–Kier alpha value is -0.660. The molecule has 0 bridgehead atoms. The van der Waals surface area contributed by atoms with E-state index in [4.69, 9.17) is 10.7 Å². The molecule has 1 fully saturated rings. The lowest BCUT2D eigenvalue weighted by molar-refractivity contribution is 0.565. The molecular weight excluding hydrogens is 303 g/mol. The van der Waals surface area contributed by atoms with Gasteiger partial charge in [0, 0.05) is 10.7 Å². The summed E-state index contributed by atoms with van der Waals surface area (Å²) in [6.45, 7) is 0. The zero-order valence-corrected chi connectivity index (χ0v) is 11.5. The first-order valence-corrected chi connectivity index (χ1v) is 9.17. The van der Waals surface area contributed by atoms with Crippen LogP contribution in [0, 0.1) is 5.82 Å². The van der Waals surface area contributed by atoms with Gasteiger partial charge in [0.1, 0.15) is 10.7 Å². The Morgan fingerprint density at radius 1 is 1.22 bits per heavy atom. The van der Waals surface area contributed by atoms with Gasteiger partial charge in [-0.2, -0.15) is 0 Å². The quantitative estimate of drug-likeness (QED) is 0.795. The summed E-state index contributed by atoms with van der Waals surface area (Å²) in [6.07, 6.45) is 1.08. The van der Waals surface area contributed by atoms with Crippen molar-refractivity contribution in [2.24, 2.45) is 0 Å². The van der Waals surface area contributed by atoms with Crippen LogP contribution in [0.25, 0.3) is 0 Å². The maximum absolute atomic E-state index is 13.7. The van der Waals surface area contributed by atoms with E-state index < -0.39 is 35.7 Å². The van der Waals surface area contributed by atoms with Crippen LogP contribution in [-0.4, -0.2) is 22.1 Å². The summed E-state index contributed by atoms with van der Waals surface area (Å²) in [5.41, 5.74) is 0.122. The average molecular weight is 313 g/mol. The van der Waals surface area contributed by atoms with Crippen LogP contribution in [-0.2, 0) is 24.6 Å². The van der Waals surface area contributed by atoms with Gasteiger partial charge in [0.05, 0.1) is 11.0 Å². The van der Waals surface area contributed by atoms with Gasteiger partial charge >= 0.3 is 0 Å². The smallest absolute Gasteiger partial charge is 0.223 e. The van der Waals surface area contributed by atoms with Gasteiger partial charge in [0.2, 0.25) is 9.05 Å².